The Balaban J connectivity index is 2.07. The molecule has 2 rings (SSSR count). The Morgan fingerprint density at radius 2 is 2.03 bits per heavy atom. The molecule has 29 heavy (non-hydrogen) atoms. The van der Waals surface area contributed by atoms with Crippen LogP contribution in [0.3, 0.4) is 0 Å². The van der Waals surface area contributed by atoms with E-state index in [0.29, 0.717) is 42.4 Å². The van der Waals surface area contributed by atoms with Crippen LogP contribution in [0, 0.1) is 5.92 Å². The zero-order valence-corrected chi connectivity index (χ0v) is 17.1. The second-order valence-electron chi connectivity index (χ2n) is 7.09. The summed E-state index contributed by atoms with van der Waals surface area (Å²) in [4.78, 5) is 4.37. The van der Waals surface area contributed by atoms with Gasteiger partial charge in [-0.05, 0) is 44.4 Å². The number of benzene rings is 1. The Morgan fingerprint density at radius 3 is 2.66 bits per heavy atom. The van der Waals surface area contributed by atoms with Crippen molar-refractivity contribution in [2.75, 3.05) is 27.3 Å². The number of nitrogens with zero attached hydrogens (tertiary/aromatic N) is 1. The van der Waals surface area contributed by atoms with E-state index >= 15 is 0 Å². The van der Waals surface area contributed by atoms with Crippen LogP contribution in [0.25, 0.3) is 0 Å². The standard InChI is InChI=1S/C20H30F3N3O3/c1-4-24-19(26-14-7-5-6-13(10-14)20(21,22)23)25-12-17(27)16-11-15(28-2)8-9-18(16)29-3/h8-9,11,13-14,17,27H,4-7,10,12H2,1-3H3,(H2,24,25,26). The molecule has 1 aliphatic rings. The van der Waals surface area contributed by atoms with Crippen LogP contribution in [0.2, 0.25) is 0 Å². The number of hydrogen-bond donors (Lipinski definition) is 3. The maximum Gasteiger partial charge on any atom is 0.391 e. The molecular formula is C20H30F3N3O3. The van der Waals surface area contributed by atoms with E-state index in [9.17, 15) is 18.3 Å². The Hall–Kier alpha value is -2.16. The molecule has 164 valence electrons. The fourth-order valence-corrected chi connectivity index (χ4v) is 3.51. The minimum absolute atomic E-state index is 0.0221. The predicted molar refractivity (Wildman–Crippen MR) is 105 cm³/mol. The minimum atomic E-state index is -4.17. The van der Waals surface area contributed by atoms with E-state index in [2.05, 4.69) is 15.6 Å². The van der Waals surface area contributed by atoms with E-state index in [1.54, 1.807) is 18.2 Å². The number of aliphatic hydroxyl groups excluding tert-OH is 1. The molecule has 1 aliphatic carbocycles. The van der Waals surface area contributed by atoms with Crippen molar-refractivity contribution in [2.45, 2.75) is 50.9 Å². The summed E-state index contributed by atoms with van der Waals surface area (Å²) in [6, 6.07) is 4.79. The number of ether oxygens (including phenoxy) is 2. The van der Waals surface area contributed by atoms with Crippen molar-refractivity contribution in [3.8, 4) is 11.5 Å². The van der Waals surface area contributed by atoms with Gasteiger partial charge in [0.15, 0.2) is 5.96 Å². The van der Waals surface area contributed by atoms with Gasteiger partial charge in [-0.25, -0.2) is 0 Å². The van der Waals surface area contributed by atoms with E-state index in [-0.39, 0.29) is 25.4 Å². The molecule has 0 aromatic heterocycles. The van der Waals surface area contributed by atoms with E-state index in [1.807, 2.05) is 6.92 Å². The number of hydrogen-bond acceptors (Lipinski definition) is 4. The van der Waals surface area contributed by atoms with Gasteiger partial charge in [-0.2, -0.15) is 13.2 Å². The van der Waals surface area contributed by atoms with E-state index in [1.165, 1.54) is 14.2 Å². The lowest BCUT2D eigenvalue weighted by Gasteiger charge is -2.32. The first-order chi connectivity index (χ1) is 13.8. The Morgan fingerprint density at radius 1 is 1.28 bits per heavy atom. The van der Waals surface area contributed by atoms with Crippen LogP contribution in [-0.2, 0) is 0 Å². The molecule has 0 aliphatic heterocycles. The molecular weight excluding hydrogens is 387 g/mol. The summed E-state index contributed by atoms with van der Waals surface area (Å²) in [6.07, 6.45) is -3.75. The van der Waals surface area contributed by atoms with Gasteiger partial charge < -0.3 is 25.2 Å². The first-order valence-electron chi connectivity index (χ1n) is 9.80. The topological polar surface area (TPSA) is 75.1 Å². The molecule has 1 saturated carbocycles. The van der Waals surface area contributed by atoms with Gasteiger partial charge in [-0.3, -0.25) is 4.99 Å². The predicted octanol–water partition coefficient (Wildman–Crippen LogP) is 3.41. The number of aliphatic hydroxyl groups is 1. The fraction of sp³-hybridized carbons (Fsp3) is 0.650. The first kappa shape index (κ1) is 23.1. The van der Waals surface area contributed by atoms with Crippen molar-refractivity contribution < 1.29 is 27.8 Å². The lowest BCUT2D eigenvalue weighted by molar-refractivity contribution is -0.183. The summed E-state index contributed by atoms with van der Waals surface area (Å²) < 4.78 is 49.6. The smallest absolute Gasteiger partial charge is 0.391 e. The van der Waals surface area contributed by atoms with Gasteiger partial charge >= 0.3 is 6.18 Å². The molecule has 1 aromatic rings. The van der Waals surface area contributed by atoms with Crippen LogP contribution >= 0.6 is 0 Å². The quantitative estimate of drug-likeness (QED) is 0.468. The van der Waals surface area contributed by atoms with Gasteiger partial charge in [0.2, 0.25) is 0 Å². The number of nitrogens with one attached hydrogen (secondary N) is 2. The molecule has 0 saturated heterocycles. The molecule has 1 aromatic carbocycles. The average Bonchev–Trinajstić information content (AvgIpc) is 2.71. The molecule has 6 nitrogen and oxygen atoms in total. The highest BCUT2D eigenvalue weighted by molar-refractivity contribution is 5.80. The molecule has 0 radical (unpaired) electrons. The summed E-state index contributed by atoms with van der Waals surface area (Å²) in [5.41, 5.74) is 0.529. The molecule has 9 heteroatoms. The largest absolute Gasteiger partial charge is 0.497 e. The van der Waals surface area contributed by atoms with Crippen molar-refractivity contribution in [2.24, 2.45) is 10.9 Å². The summed E-state index contributed by atoms with van der Waals surface area (Å²) in [6.45, 7) is 2.45. The number of halogens is 3. The lowest BCUT2D eigenvalue weighted by Crippen LogP contribution is -2.47. The van der Waals surface area contributed by atoms with Crippen molar-refractivity contribution in [1.82, 2.24) is 10.6 Å². The zero-order chi connectivity index (χ0) is 21.4. The van der Waals surface area contributed by atoms with E-state index < -0.39 is 18.2 Å². The third-order valence-corrected chi connectivity index (χ3v) is 5.04. The third kappa shape index (κ3) is 6.69. The first-order valence-corrected chi connectivity index (χ1v) is 9.80. The van der Waals surface area contributed by atoms with Gasteiger partial charge in [0.05, 0.1) is 26.7 Å². The highest BCUT2D eigenvalue weighted by Gasteiger charge is 2.42. The summed E-state index contributed by atoms with van der Waals surface area (Å²) in [5, 5.41) is 16.7. The molecule has 0 heterocycles. The zero-order valence-electron chi connectivity index (χ0n) is 17.1. The molecule has 0 spiro atoms. The van der Waals surface area contributed by atoms with Gasteiger partial charge in [0.25, 0.3) is 0 Å². The molecule has 0 amide bonds. The Bertz CT molecular complexity index is 683. The summed E-state index contributed by atoms with van der Waals surface area (Å²) >= 11 is 0. The molecule has 0 bridgehead atoms. The van der Waals surface area contributed by atoms with Gasteiger partial charge in [-0.1, -0.05) is 6.42 Å². The lowest BCUT2D eigenvalue weighted by atomic mass is 9.85. The Kier molecular flexibility index (Phi) is 8.43. The van der Waals surface area contributed by atoms with Crippen LogP contribution in [0.15, 0.2) is 23.2 Å². The second-order valence-corrected chi connectivity index (χ2v) is 7.09. The van der Waals surface area contributed by atoms with Crippen molar-refractivity contribution in [1.29, 1.82) is 0 Å². The average molecular weight is 417 g/mol. The van der Waals surface area contributed by atoms with E-state index in [0.717, 1.165) is 0 Å². The Labute approximate surface area is 169 Å². The molecule has 3 unspecified atom stereocenters. The molecule has 3 N–H and O–H groups in total. The second kappa shape index (κ2) is 10.6. The number of rotatable bonds is 7. The van der Waals surface area contributed by atoms with Crippen molar-refractivity contribution in [3.05, 3.63) is 23.8 Å². The van der Waals surface area contributed by atoms with Crippen LogP contribution in [0.5, 0.6) is 11.5 Å². The number of guanidine groups is 1. The monoisotopic (exact) mass is 417 g/mol. The van der Waals surface area contributed by atoms with Crippen molar-refractivity contribution >= 4 is 5.96 Å². The highest BCUT2D eigenvalue weighted by Crippen LogP contribution is 2.37. The summed E-state index contributed by atoms with van der Waals surface area (Å²) in [7, 11) is 3.04. The summed E-state index contributed by atoms with van der Waals surface area (Å²) in [5.74, 6) is 0.186. The van der Waals surface area contributed by atoms with Crippen LogP contribution in [-0.4, -0.2) is 50.6 Å². The SMILES string of the molecule is CCNC(=NCC(O)c1cc(OC)ccc1OC)NC1CCCC(C(F)(F)F)C1. The van der Waals surface area contributed by atoms with Gasteiger partial charge in [0.1, 0.15) is 17.6 Å². The number of aliphatic imine (C=N–C) groups is 1. The molecule has 3 atom stereocenters. The van der Waals surface area contributed by atoms with Crippen molar-refractivity contribution in [3.63, 3.8) is 0 Å². The van der Waals surface area contributed by atoms with Crippen LogP contribution < -0.4 is 20.1 Å². The van der Waals surface area contributed by atoms with Gasteiger partial charge in [0, 0.05) is 18.2 Å². The maximum atomic E-state index is 13.0. The van der Waals surface area contributed by atoms with Crippen LogP contribution in [0.4, 0.5) is 13.2 Å². The normalized spacial score (nSPS) is 21.4. The number of alkyl halides is 3. The minimum Gasteiger partial charge on any atom is -0.497 e. The number of methoxy groups -OCH3 is 2. The molecule has 1 fully saturated rings. The third-order valence-electron chi connectivity index (χ3n) is 5.04. The fourth-order valence-electron chi connectivity index (χ4n) is 3.51. The highest BCUT2D eigenvalue weighted by atomic mass is 19.4. The van der Waals surface area contributed by atoms with Gasteiger partial charge in [-0.15, -0.1) is 0 Å². The maximum absolute atomic E-state index is 13.0. The van der Waals surface area contributed by atoms with E-state index in [4.69, 9.17) is 9.47 Å². The van der Waals surface area contributed by atoms with Crippen LogP contribution in [0.1, 0.15) is 44.3 Å².